The summed E-state index contributed by atoms with van der Waals surface area (Å²) in [6, 6.07) is 4.79. The van der Waals surface area contributed by atoms with Gasteiger partial charge in [-0.2, -0.15) is 0 Å². The molecule has 1 unspecified atom stereocenters. The molecule has 1 aromatic carbocycles. The molecule has 194 valence electrons. The smallest absolute Gasteiger partial charge is 0.266 e. The normalized spacial score (nSPS) is 28.8. The molecule has 1 saturated heterocycles. The lowest BCUT2D eigenvalue weighted by Gasteiger charge is -2.20. The van der Waals surface area contributed by atoms with Crippen molar-refractivity contribution in [3.8, 4) is 0 Å². The van der Waals surface area contributed by atoms with Crippen LogP contribution in [0, 0.1) is 29.5 Å². The summed E-state index contributed by atoms with van der Waals surface area (Å²) in [5.41, 5.74) is -0.0297. The average molecular weight is 523 g/mol. The minimum atomic E-state index is -2.94. The van der Waals surface area contributed by atoms with Crippen LogP contribution in [0.15, 0.2) is 35.3 Å². The van der Waals surface area contributed by atoms with E-state index < -0.39 is 29.8 Å². The second-order valence-corrected chi connectivity index (χ2v) is 10.6. The number of pyridine rings is 1. The Morgan fingerprint density at radius 1 is 1.14 bits per heavy atom. The molecule has 36 heavy (non-hydrogen) atoms. The number of aromatic nitrogens is 1. The number of halogens is 4. The minimum Gasteiger partial charge on any atom is -0.381 e. The number of fused-ring (bicyclic) bond motifs is 1. The van der Waals surface area contributed by atoms with Gasteiger partial charge in [0.1, 0.15) is 5.82 Å². The van der Waals surface area contributed by atoms with Gasteiger partial charge < -0.3 is 20.5 Å². The highest BCUT2D eigenvalue weighted by molar-refractivity contribution is 5.99. The Balaban J connectivity index is 0.00000267. The number of hydrogen-bond donors (Lipinski definition) is 3. The first-order chi connectivity index (χ1) is 16.8. The SMILES string of the molecule is C[C@@H](NC(=O)c1cn([C@@H]2C[C@H]2C2CC2)c(=O)cc1NC1[C@H]2CNC[C@@H]12)c1cccc(C(F)F)c1F.Cl. The molecule has 6 nitrogen and oxygen atoms in total. The maximum atomic E-state index is 14.7. The van der Waals surface area contributed by atoms with E-state index in [9.17, 15) is 22.8 Å². The summed E-state index contributed by atoms with van der Waals surface area (Å²) in [5, 5.41) is 9.49. The molecule has 1 amide bonds. The summed E-state index contributed by atoms with van der Waals surface area (Å²) >= 11 is 0. The first-order valence-corrected chi connectivity index (χ1v) is 12.4. The maximum absolute atomic E-state index is 14.7. The summed E-state index contributed by atoms with van der Waals surface area (Å²) in [5.74, 6) is 0.624. The molecule has 4 aliphatic rings. The van der Waals surface area contributed by atoms with Gasteiger partial charge in [-0.1, -0.05) is 18.2 Å². The van der Waals surface area contributed by atoms with E-state index in [1.165, 1.54) is 31.0 Å². The monoisotopic (exact) mass is 522 g/mol. The molecule has 6 atom stereocenters. The number of piperidine rings is 1. The second-order valence-electron chi connectivity index (χ2n) is 10.6. The van der Waals surface area contributed by atoms with Gasteiger partial charge in [-0.25, -0.2) is 13.2 Å². The molecule has 1 aromatic heterocycles. The van der Waals surface area contributed by atoms with Crippen LogP contribution in [0.5, 0.6) is 0 Å². The Bertz CT molecular complexity index is 1220. The van der Waals surface area contributed by atoms with Crippen LogP contribution < -0.4 is 21.5 Å². The van der Waals surface area contributed by atoms with Crippen molar-refractivity contribution >= 4 is 24.0 Å². The van der Waals surface area contributed by atoms with Crippen molar-refractivity contribution in [2.24, 2.45) is 23.7 Å². The molecule has 3 N–H and O–H groups in total. The number of nitrogens with zero attached hydrogens (tertiary/aromatic N) is 1. The highest BCUT2D eigenvalue weighted by Gasteiger charge is 2.53. The van der Waals surface area contributed by atoms with Gasteiger partial charge in [-0.15, -0.1) is 12.4 Å². The third kappa shape index (κ3) is 4.52. The van der Waals surface area contributed by atoms with Crippen molar-refractivity contribution in [3.63, 3.8) is 0 Å². The van der Waals surface area contributed by atoms with E-state index in [1.807, 2.05) is 0 Å². The third-order valence-electron chi connectivity index (χ3n) is 8.24. The molecule has 3 aliphatic carbocycles. The van der Waals surface area contributed by atoms with Crippen molar-refractivity contribution in [2.75, 3.05) is 18.4 Å². The lowest BCUT2D eigenvalue weighted by atomic mass is 10.0. The van der Waals surface area contributed by atoms with Gasteiger partial charge in [0, 0.05) is 43.0 Å². The fraction of sp³-hybridized carbons (Fsp3) is 0.538. The Morgan fingerprint density at radius 2 is 1.83 bits per heavy atom. The van der Waals surface area contributed by atoms with E-state index in [4.69, 9.17) is 0 Å². The van der Waals surface area contributed by atoms with E-state index in [2.05, 4.69) is 16.0 Å². The Morgan fingerprint density at radius 3 is 2.50 bits per heavy atom. The van der Waals surface area contributed by atoms with Crippen LogP contribution >= 0.6 is 12.4 Å². The standard InChI is InChI=1S/C26H29F3N4O2.ClH/c1-12(14-3-2-4-15(23(14)27)25(28)29)31-26(35)19-11-33(21-7-16(21)13-5-6-13)22(34)8-20(19)32-24-17-9-30-10-18(17)24;/h2-4,8,11-13,16-18,21,24-25,30,32H,5-7,9-10H2,1H3,(H,31,35);1H/t12-,16+,17-,18+,21-,24?;/m1./s1. The Labute approximate surface area is 213 Å². The minimum absolute atomic E-state index is 0. The molecule has 0 bridgehead atoms. The molecule has 0 spiro atoms. The highest BCUT2D eigenvalue weighted by atomic mass is 35.5. The average Bonchev–Trinajstić information content (AvgIpc) is 3.74. The molecule has 10 heteroatoms. The number of alkyl halides is 2. The summed E-state index contributed by atoms with van der Waals surface area (Å²) in [6.45, 7) is 3.38. The van der Waals surface area contributed by atoms with Crippen molar-refractivity contribution < 1.29 is 18.0 Å². The lowest BCUT2D eigenvalue weighted by molar-refractivity contribution is 0.0939. The summed E-state index contributed by atoms with van der Waals surface area (Å²) < 4.78 is 42.7. The van der Waals surface area contributed by atoms with Crippen molar-refractivity contribution in [2.45, 2.75) is 50.7 Å². The first kappa shape index (κ1) is 25.1. The number of carbonyl (C=O) groups is 1. The van der Waals surface area contributed by atoms with Gasteiger partial charge in [0.25, 0.3) is 17.9 Å². The second kappa shape index (κ2) is 9.41. The van der Waals surface area contributed by atoms with Crippen LogP contribution in [0.3, 0.4) is 0 Å². The van der Waals surface area contributed by atoms with Crippen molar-refractivity contribution in [1.29, 1.82) is 0 Å². The molecule has 0 radical (unpaired) electrons. The van der Waals surface area contributed by atoms with Crippen molar-refractivity contribution in [3.05, 3.63) is 63.3 Å². The summed E-state index contributed by atoms with van der Waals surface area (Å²) in [6.07, 6.45) is 2.02. The number of carbonyl (C=O) groups excluding carboxylic acids is 1. The topological polar surface area (TPSA) is 75.2 Å². The third-order valence-corrected chi connectivity index (χ3v) is 8.24. The Kier molecular flexibility index (Phi) is 6.57. The van der Waals surface area contributed by atoms with Gasteiger partial charge in [0.2, 0.25) is 0 Å². The predicted octanol–water partition coefficient (Wildman–Crippen LogP) is 4.44. The van der Waals surface area contributed by atoms with E-state index >= 15 is 0 Å². The van der Waals surface area contributed by atoms with E-state index in [0.717, 1.165) is 25.6 Å². The maximum Gasteiger partial charge on any atom is 0.266 e. The van der Waals surface area contributed by atoms with Gasteiger partial charge in [0.05, 0.1) is 22.9 Å². The van der Waals surface area contributed by atoms with Crippen LogP contribution in [-0.2, 0) is 0 Å². The largest absolute Gasteiger partial charge is 0.381 e. The van der Waals surface area contributed by atoms with Gasteiger partial charge in [-0.3, -0.25) is 9.59 Å². The number of hydrogen-bond acceptors (Lipinski definition) is 4. The summed E-state index contributed by atoms with van der Waals surface area (Å²) in [7, 11) is 0. The van der Waals surface area contributed by atoms with Gasteiger partial charge in [-0.05, 0) is 49.9 Å². The molecule has 2 aromatic rings. The molecular formula is C26H30ClF3N4O2. The van der Waals surface area contributed by atoms with Crippen LogP contribution in [0.1, 0.15) is 66.2 Å². The van der Waals surface area contributed by atoms with Crippen LogP contribution in [0.4, 0.5) is 18.9 Å². The van der Waals surface area contributed by atoms with Crippen LogP contribution in [0.25, 0.3) is 0 Å². The van der Waals surface area contributed by atoms with E-state index in [1.54, 1.807) is 17.7 Å². The number of amides is 1. The van der Waals surface area contributed by atoms with Crippen LogP contribution in [-0.4, -0.2) is 29.6 Å². The number of benzene rings is 1. The fourth-order valence-electron chi connectivity index (χ4n) is 5.89. The van der Waals surface area contributed by atoms with Gasteiger partial charge in [0.15, 0.2) is 0 Å². The number of rotatable bonds is 8. The zero-order valence-electron chi connectivity index (χ0n) is 19.8. The molecular weight excluding hydrogens is 493 g/mol. The highest BCUT2D eigenvalue weighted by Crippen LogP contribution is 2.56. The number of nitrogens with one attached hydrogen (secondary N) is 3. The van der Waals surface area contributed by atoms with E-state index in [-0.39, 0.29) is 35.6 Å². The molecule has 1 aliphatic heterocycles. The van der Waals surface area contributed by atoms with Crippen molar-refractivity contribution in [1.82, 2.24) is 15.2 Å². The zero-order chi connectivity index (χ0) is 24.4. The van der Waals surface area contributed by atoms with E-state index in [0.29, 0.717) is 34.9 Å². The molecule has 3 saturated carbocycles. The number of anilines is 1. The fourth-order valence-corrected chi connectivity index (χ4v) is 5.89. The quantitative estimate of drug-likeness (QED) is 0.479. The zero-order valence-corrected chi connectivity index (χ0v) is 20.7. The predicted molar refractivity (Wildman–Crippen MR) is 132 cm³/mol. The van der Waals surface area contributed by atoms with Crippen LogP contribution in [0.2, 0.25) is 0 Å². The molecule has 2 heterocycles. The van der Waals surface area contributed by atoms with Gasteiger partial charge >= 0.3 is 0 Å². The molecule has 4 fully saturated rings. The lowest BCUT2D eigenvalue weighted by Crippen LogP contribution is -2.31. The summed E-state index contributed by atoms with van der Waals surface area (Å²) in [4.78, 5) is 26.4. The Hall–Kier alpha value is -2.52. The molecule has 6 rings (SSSR count). The first-order valence-electron chi connectivity index (χ1n) is 12.4.